The van der Waals surface area contributed by atoms with Crippen LogP contribution >= 0.6 is 0 Å². The van der Waals surface area contributed by atoms with Crippen molar-refractivity contribution >= 4 is 5.82 Å². The zero-order chi connectivity index (χ0) is 10.0. The minimum Gasteiger partial charge on any atom is -0.383 e. The fraction of sp³-hybridized carbons (Fsp3) is 0.250. The van der Waals surface area contributed by atoms with E-state index in [0.29, 0.717) is 0 Å². The van der Waals surface area contributed by atoms with Crippen molar-refractivity contribution in [3.05, 3.63) is 22.9 Å². The van der Waals surface area contributed by atoms with Crippen LogP contribution in [0.5, 0.6) is 0 Å². The van der Waals surface area contributed by atoms with E-state index in [-0.39, 0.29) is 22.6 Å². The second kappa shape index (κ2) is 3.35. The number of pyridine rings is 1. The highest BCUT2D eigenvalue weighted by Gasteiger charge is 2.14. The third-order valence-electron chi connectivity index (χ3n) is 1.64. The number of alkyl halides is 2. The molecule has 0 unspecified atom stereocenters. The molecule has 5 heteroatoms. The predicted octanol–water partition coefficient (Wildman–Crippen LogP) is 1.78. The van der Waals surface area contributed by atoms with Crippen molar-refractivity contribution in [2.75, 3.05) is 5.73 Å². The Labute approximate surface area is 73.8 Å². The summed E-state index contributed by atoms with van der Waals surface area (Å²) in [5.74, 6) is -0.00981. The number of aromatic nitrogens is 1. The third kappa shape index (κ3) is 1.72. The number of nitriles is 1. The molecule has 0 saturated heterocycles. The van der Waals surface area contributed by atoms with Crippen LogP contribution in [-0.2, 0) is 0 Å². The lowest BCUT2D eigenvalue weighted by Crippen LogP contribution is -2.01. The molecule has 0 aliphatic heterocycles. The molecular formula is C8H7F2N3. The van der Waals surface area contributed by atoms with Crippen LogP contribution in [0.15, 0.2) is 6.07 Å². The Bertz CT molecular complexity index is 368. The topological polar surface area (TPSA) is 62.7 Å². The van der Waals surface area contributed by atoms with Gasteiger partial charge in [0.1, 0.15) is 11.9 Å². The SMILES string of the molecule is Cc1nc(N)c(C#N)cc1C(F)F. The number of hydrogen-bond acceptors (Lipinski definition) is 3. The quantitative estimate of drug-likeness (QED) is 0.721. The van der Waals surface area contributed by atoms with Crippen molar-refractivity contribution in [3.63, 3.8) is 0 Å². The molecule has 0 spiro atoms. The molecule has 0 radical (unpaired) electrons. The van der Waals surface area contributed by atoms with Gasteiger partial charge in [-0.2, -0.15) is 5.26 Å². The molecule has 0 aliphatic rings. The molecule has 0 amide bonds. The van der Waals surface area contributed by atoms with Crippen LogP contribution in [0.1, 0.15) is 23.2 Å². The largest absolute Gasteiger partial charge is 0.383 e. The van der Waals surface area contributed by atoms with E-state index < -0.39 is 6.43 Å². The maximum atomic E-state index is 12.3. The van der Waals surface area contributed by atoms with Crippen molar-refractivity contribution in [1.29, 1.82) is 5.26 Å². The molecule has 68 valence electrons. The number of anilines is 1. The number of rotatable bonds is 1. The molecule has 0 aliphatic carbocycles. The first-order chi connectivity index (χ1) is 6.06. The Hall–Kier alpha value is -1.70. The average Bonchev–Trinajstić information content (AvgIpc) is 2.03. The van der Waals surface area contributed by atoms with Gasteiger partial charge in [-0.3, -0.25) is 0 Å². The van der Waals surface area contributed by atoms with Crippen molar-refractivity contribution in [3.8, 4) is 6.07 Å². The Balaban J connectivity index is 3.33. The third-order valence-corrected chi connectivity index (χ3v) is 1.64. The molecule has 1 aromatic heterocycles. The van der Waals surface area contributed by atoms with Crippen molar-refractivity contribution in [2.24, 2.45) is 0 Å². The molecule has 0 bridgehead atoms. The maximum absolute atomic E-state index is 12.3. The molecule has 0 aromatic carbocycles. The van der Waals surface area contributed by atoms with E-state index in [4.69, 9.17) is 11.0 Å². The van der Waals surface area contributed by atoms with E-state index in [1.54, 1.807) is 6.07 Å². The molecule has 0 fully saturated rings. The van der Waals surface area contributed by atoms with Crippen LogP contribution in [0, 0.1) is 18.3 Å². The van der Waals surface area contributed by atoms with E-state index >= 15 is 0 Å². The maximum Gasteiger partial charge on any atom is 0.265 e. The molecule has 1 aromatic rings. The van der Waals surface area contributed by atoms with E-state index in [9.17, 15) is 8.78 Å². The number of nitrogens with zero attached hydrogens (tertiary/aromatic N) is 2. The number of aryl methyl sites for hydroxylation is 1. The van der Waals surface area contributed by atoms with Crippen LogP contribution in [0.25, 0.3) is 0 Å². The van der Waals surface area contributed by atoms with Crippen LogP contribution in [-0.4, -0.2) is 4.98 Å². The predicted molar refractivity (Wildman–Crippen MR) is 43.1 cm³/mol. The summed E-state index contributed by atoms with van der Waals surface area (Å²) in [5, 5.41) is 8.50. The molecule has 0 atom stereocenters. The Morgan fingerprint density at radius 1 is 1.62 bits per heavy atom. The van der Waals surface area contributed by atoms with E-state index in [1.807, 2.05) is 0 Å². The van der Waals surface area contributed by atoms with Gasteiger partial charge in [0.2, 0.25) is 0 Å². The summed E-state index contributed by atoms with van der Waals surface area (Å²) in [4.78, 5) is 3.64. The van der Waals surface area contributed by atoms with Gasteiger partial charge >= 0.3 is 0 Å². The second-order valence-corrected chi connectivity index (χ2v) is 2.51. The highest BCUT2D eigenvalue weighted by molar-refractivity contribution is 5.51. The average molecular weight is 183 g/mol. The molecule has 1 heterocycles. The van der Waals surface area contributed by atoms with E-state index in [1.165, 1.54) is 6.92 Å². The molecule has 13 heavy (non-hydrogen) atoms. The molecule has 3 nitrogen and oxygen atoms in total. The monoisotopic (exact) mass is 183 g/mol. The van der Waals surface area contributed by atoms with Gasteiger partial charge in [-0.1, -0.05) is 0 Å². The summed E-state index contributed by atoms with van der Waals surface area (Å²) in [7, 11) is 0. The fourth-order valence-electron chi connectivity index (χ4n) is 0.950. The summed E-state index contributed by atoms with van der Waals surface area (Å²) >= 11 is 0. The molecular weight excluding hydrogens is 176 g/mol. The first-order valence-electron chi connectivity index (χ1n) is 3.51. The van der Waals surface area contributed by atoms with E-state index in [0.717, 1.165) is 6.07 Å². The summed E-state index contributed by atoms with van der Waals surface area (Å²) in [6, 6.07) is 2.77. The van der Waals surface area contributed by atoms with Gasteiger partial charge in [-0.15, -0.1) is 0 Å². The number of nitrogen functional groups attached to an aromatic ring is 1. The van der Waals surface area contributed by atoms with Gasteiger partial charge in [0.05, 0.1) is 5.56 Å². The van der Waals surface area contributed by atoms with E-state index in [2.05, 4.69) is 4.98 Å². The Morgan fingerprint density at radius 3 is 2.69 bits per heavy atom. The molecule has 0 saturated carbocycles. The number of nitrogens with two attached hydrogens (primary N) is 1. The minimum absolute atomic E-state index is 0.00981. The molecule has 2 N–H and O–H groups in total. The summed E-state index contributed by atoms with van der Waals surface area (Å²) in [5.41, 5.74) is 5.22. The Kier molecular flexibility index (Phi) is 2.42. The lowest BCUT2D eigenvalue weighted by atomic mass is 10.1. The normalized spacial score (nSPS) is 10.1. The van der Waals surface area contributed by atoms with Gasteiger partial charge in [0.15, 0.2) is 0 Å². The molecule has 1 rings (SSSR count). The van der Waals surface area contributed by atoms with Gasteiger partial charge in [-0.25, -0.2) is 13.8 Å². The van der Waals surface area contributed by atoms with Gasteiger partial charge < -0.3 is 5.73 Å². The van der Waals surface area contributed by atoms with Gasteiger partial charge in [-0.05, 0) is 13.0 Å². The van der Waals surface area contributed by atoms with Crippen molar-refractivity contribution < 1.29 is 8.78 Å². The fourth-order valence-corrected chi connectivity index (χ4v) is 0.950. The number of hydrogen-bond donors (Lipinski definition) is 1. The van der Waals surface area contributed by atoms with Crippen LogP contribution < -0.4 is 5.73 Å². The lowest BCUT2D eigenvalue weighted by molar-refractivity contribution is 0.150. The van der Waals surface area contributed by atoms with Gasteiger partial charge in [0, 0.05) is 11.3 Å². The summed E-state index contributed by atoms with van der Waals surface area (Å²) in [6.45, 7) is 1.43. The highest BCUT2D eigenvalue weighted by Crippen LogP contribution is 2.24. The second-order valence-electron chi connectivity index (χ2n) is 2.51. The highest BCUT2D eigenvalue weighted by atomic mass is 19.3. The summed E-state index contributed by atoms with van der Waals surface area (Å²) in [6.07, 6.45) is -2.62. The first-order valence-corrected chi connectivity index (χ1v) is 3.51. The smallest absolute Gasteiger partial charge is 0.265 e. The van der Waals surface area contributed by atoms with Crippen molar-refractivity contribution in [2.45, 2.75) is 13.3 Å². The zero-order valence-electron chi connectivity index (χ0n) is 6.88. The standard InChI is InChI=1S/C8H7F2N3/c1-4-6(7(9)10)2-5(3-11)8(12)13-4/h2,7H,1H3,(H2,12,13). The van der Waals surface area contributed by atoms with Gasteiger partial charge in [0.25, 0.3) is 6.43 Å². The summed E-state index contributed by atoms with van der Waals surface area (Å²) < 4.78 is 24.6. The minimum atomic E-state index is -2.62. The van der Waals surface area contributed by atoms with Crippen LogP contribution in [0.3, 0.4) is 0 Å². The van der Waals surface area contributed by atoms with Crippen molar-refractivity contribution in [1.82, 2.24) is 4.98 Å². The Morgan fingerprint density at radius 2 is 2.23 bits per heavy atom. The zero-order valence-corrected chi connectivity index (χ0v) is 6.88. The number of halogens is 2. The lowest BCUT2D eigenvalue weighted by Gasteiger charge is -2.05. The van der Waals surface area contributed by atoms with Crippen LogP contribution in [0.4, 0.5) is 14.6 Å². The van der Waals surface area contributed by atoms with Crippen LogP contribution in [0.2, 0.25) is 0 Å². The first kappa shape index (κ1) is 9.39.